The molecule has 1 amide bonds. The average molecular weight is 1480 g/mol. The summed E-state index contributed by atoms with van der Waals surface area (Å²) in [5.41, 5.74) is 9.89. The average Bonchev–Trinajstić information content (AvgIpc) is 1.71. The zero-order valence-corrected chi connectivity index (χ0v) is 66.1. The van der Waals surface area contributed by atoms with Gasteiger partial charge in [-0.15, -0.1) is 34.0 Å². The quantitative estimate of drug-likeness (QED) is 0.0728. The van der Waals surface area contributed by atoms with E-state index in [0.717, 1.165) is 164 Å². The zero-order valence-electron chi connectivity index (χ0n) is 63.7. The van der Waals surface area contributed by atoms with Gasteiger partial charge in [-0.25, -0.2) is 14.4 Å². The maximum absolute atomic E-state index is 14.0. The third-order valence-corrected chi connectivity index (χ3v) is 22.0. The molecule has 5 atom stereocenters. The van der Waals surface area contributed by atoms with E-state index in [4.69, 9.17) is 38.9 Å². The third-order valence-electron chi connectivity index (χ3n) is 18.9. The summed E-state index contributed by atoms with van der Waals surface area (Å²) in [4.78, 5) is 77.0. The molecule has 0 bridgehead atoms. The first-order valence-corrected chi connectivity index (χ1v) is 39.6. The first-order chi connectivity index (χ1) is 48.8. The molecule has 3 aliphatic heterocycles. The van der Waals surface area contributed by atoms with Crippen LogP contribution in [0.4, 0.5) is 17.1 Å². The third kappa shape index (κ3) is 28.9. The van der Waals surface area contributed by atoms with Gasteiger partial charge >= 0.3 is 17.9 Å². The van der Waals surface area contributed by atoms with Crippen LogP contribution < -0.4 is 16.0 Å². The van der Waals surface area contributed by atoms with Crippen LogP contribution in [-0.4, -0.2) is 143 Å². The minimum Gasteiger partial charge on any atom is -0.477 e. The van der Waals surface area contributed by atoms with E-state index in [0.29, 0.717) is 93.7 Å². The smallest absolute Gasteiger partial charge is 0.350 e. The van der Waals surface area contributed by atoms with Crippen LogP contribution >= 0.6 is 34.0 Å². The molecule has 5 aliphatic carbocycles. The number of aromatic carboxylic acids is 1. The Hall–Kier alpha value is -6.16. The number of nitrogens with two attached hydrogens (primary N) is 1. The molecule has 3 aromatic heterocycles. The van der Waals surface area contributed by atoms with Crippen LogP contribution in [-0.2, 0) is 52.3 Å². The van der Waals surface area contributed by atoms with Gasteiger partial charge in [0.25, 0.3) is 0 Å². The molecule has 0 radical (unpaired) electrons. The Morgan fingerprint density at radius 3 is 1.37 bits per heavy atom. The van der Waals surface area contributed by atoms with Crippen LogP contribution in [0.1, 0.15) is 262 Å². The van der Waals surface area contributed by atoms with Gasteiger partial charge in [-0.3, -0.25) is 14.4 Å². The summed E-state index contributed by atoms with van der Waals surface area (Å²) >= 11 is 3.82. The van der Waals surface area contributed by atoms with E-state index in [1.807, 2.05) is 58.6 Å². The Morgan fingerprint density at radius 2 is 0.951 bits per heavy atom. The van der Waals surface area contributed by atoms with E-state index in [-0.39, 0.29) is 63.3 Å². The Labute approximate surface area is 625 Å². The SMILES string of the molecule is CC(=O)[C@H]1CC=C(C)CC1.CC1=CC[C@@H](C(=O)N(c2cc(C#CC(C)(C)C)sc2C(=O)O)C2CCC(O[C@@H]3CCOC3)CC2)CC1.COC(=O)c1sc(C#CC(C)(C)C)cc1N.COC(=O)c1sc(C#CC(C)(C)C)cc1NC1CCC(O[C@H]2CCOC2)CC1.O=C1CCC(O[C@H]2CCOC2)CC1. The number of ether oxygens (including phenoxy) is 8. The van der Waals surface area contributed by atoms with E-state index in [1.165, 1.54) is 59.4 Å². The second-order valence-electron chi connectivity index (χ2n) is 31.4. The number of carbonyl (C=O) groups is 6. The lowest BCUT2D eigenvalue weighted by molar-refractivity contribution is -0.124. The molecule has 6 heterocycles. The molecule has 566 valence electrons. The molecule has 0 unspecified atom stereocenters. The van der Waals surface area contributed by atoms with Crippen molar-refractivity contribution in [2.24, 2.45) is 28.1 Å². The van der Waals surface area contributed by atoms with Crippen molar-refractivity contribution in [2.45, 2.75) is 267 Å². The van der Waals surface area contributed by atoms with E-state index < -0.39 is 11.9 Å². The number of hydrogen-bond acceptors (Lipinski definition) is 19. The number of methoxy groups -OCH3 is 2. The number of nitrogens with one attached hydrogen (secondary N) is 1. The van der Waals surface area contributed by atoms with Gasteiger partial charge in [0, 0.05) is 72.8 Å². The minimum absolute atomic E-state index is 0.0414. The number of allylic oxidation sites excluding steroid dienone is 4. The summed E-state index contributed by atoms with van der Waals surface area (Å²) in [6.45, 7) is 28.9. The molecule has 4 N–H and O–H groups in total. The van der Waals surface area contributed by atoms with Crippen molar-refractivity contribution in [1.29, 1.82) is 0 Å². The second-order valence-corrected chi connectivity index (χ2v) is 34.5. The highest BCUT2D eigenvalue weighted by Gasteiger charge is 2.38. The summed E-state index contributed by atoms with van der Waals surface area (Å²) in [5, 5.41) is 13.6. The molecule has 18 nitrogen and oxygen atoms in total. The number of amides is 1. The summed E-state index contributed by atoms with van der Waals surface area (Å²) in [6, 6.07) is 5.80. The largest absolute Gasteiger partial charge is 0.477 e. The maximum atomic E-state index is 14.0. The number of nitrogens with zero attached hydrogens (tertiary/aromatic N) is 1. The van der Waals surface area contributed by atoms with Gasteiger partial charge in [0.2, 0.25) is 5.91 Å². The standard InChI is InChI=1S/C29H39NO5S.C22H31NO4S.C12H15NO2S.C10H16O3.C9H14O/c1-19-5-7-20(8-6-19)27(31)30(21-9-11-22(12-10-21)35-23-14-16-34-18-23)25-17-24(13-15-29(2,3)4)36-26(25)28(32)33;1-22(2,3)11-9-18-13-19(20(28-18)21(24)25-4)23-15-5-7-16(8-6-15)27-17-10-12-26-14-17;1-12(2,3)6-5-8-7-9(13)10(16-8)11(14)15-4;11-8-1-3-9(4-2-8)13-10-5-6-12-7-10;1-7-3-5-9(6-4-7)8(2)10/h5,17,20-23H,6-12,14,16,18H2,1-4H3,(H,32,33);13,15-17,23H,5-8,10,12,14H2,1-4H3;7H,13H2,1-4H3;9-10H,1-7H2;3,9H,4-6H2,1-2H3/t20-,21?,22?,23-;15?,16?,17-;;10-;9-/m10.00/s1. The van der Waals surface area contributed by atoms with Crippen molar-refractivity contribution in [3.63, 3.8) is 0 Å². The number of anilines is 3. The number of hydrogen-bond donors (Lipinski definition) is 3. The highest BCUT2D eigenvalue weighted by Crippen LogP contribution is 2.40. The number of ketones is 2. The molecule has 3 saturated heterocycles. The van der Waals surface area contributed by atoms with E-state index in [9.17, 15) is 33.9 Å². The number of nitrogen functional groups attached to an aromatic ring is 1. The van der Waals surface area contributed by atoms with Crippen molar-refractivity contribution < 1.29 is 71.8 Å². The Balaban J connectivity index is 0.000000195. The lowest BCUT2D eigenvalue weighted by atomic mass is 9.86. The molecule has 0 aromatic carbocycles. The zero-order chi connectivity index (χ0) is 75.0. The predicted octanol–water partition coefficient (Wildman–Crippen LogP) is 16.6. The Morgan fingerprint density at radius 1 is 0.534 bits per heavy atom. The number of carboxylic acids is 1. The summed E-state index contributed by atoms with van der Waals surface area (Å²) < 4.78 is 43.9. The van der Waals surface area contributed by atoms with Crippen molar-refractivity contribution >= 4 is 86.5 Å². The van der Waals surface area contributed by atoms with Gasteiger partial charge in [0.1, 0.15) is 26.2 Å². The van der Waals surface area contributed by atoms with Crippen LogP contribution in [0.5, 0.6) is 0 Å². The summed E-state index contributed by atoms with van der Waals surface area (Å²) in [7, 11) is 2.75. The molecule has 6 fully saturated rings. The fraction of sp³-hybridized carbons (Fsp3) is 0.659. The van der Waals surface area contributed by atoms with Crippen molar-refractivity contribution in [2.75, 3.05) is 69.8 Å². The van der Waals surface area contributed by atoms with Crippen LogP contribution in [0.25, 0.3) is 0 Å². The van der Waals surface area contributed by atoms with E-state index >= 15 is 0 Å². The fourth-order valence-electron chi connectivity index (χ4n) is 13.0. The number of rotatable bonds is 15. The van der Waals surface area contributed by atoms with Gasteiger partial charge < -0.3 is 59.0 Å². The predicted molar refractivity (Wildman–Crippen MR) is 410 cm³/mol. The minimum atomic E-state index is -1.01. The first-order valence-electron chi connectivity index (χ1n) is 37.1. The van der Waals surface area contributed by atoms with Crippen molar-refractivity contribution in [3.05, 3.63) is 70.8 Å². The Kier molecular flexibility index (Phi) is 33.1. The van der Waals surface area contributed by atoms with Gasteiger partial charge in [-0.2, -0.15) is 0 Å². The maximum Gasteiger partial charge on any atom is 0.350 e. The van der Waals surface area contributed by atoms with Crippen LogP contribution in [0.15, 0.2) is 41.5 Å². The molecule has 21 heteroatoms. The number of esters is 2. The number of carbonyl (C=O) groups excluding carboxylic acids is 5. The summed E-state index contributed by atoms with van der Waals surface area (Å²) in [5.74, 6) is 18.1. The van der Waals surface area contributed by atoms with Crippen LogP contribution in [0.2, 0.25) is 0 Å². The highest BCUT2D eigenvalue weighted by molar-refractivity contribution is 7.15. The van der Waals surface area contributed by atoms with Gasteiger partial charge in [0.05, 0.1) is 102 Å². The second kappa shape index (κ2) is 40.5. The van der Waals surface area contributed by atoms with Crippen molar-refractivity contribution in [3.8, 4) is 35.5 Å². The number of thiophene rings is 3. The van der Waals surface area contributed by atoms with Gasteiger partial charge in [0.15, 0.2) is 0 Å². The van der Waals surface area contributed by atoms with Gasteiger partial charge in [-0.05, 0) is 223 Å². The molecule has 0 spiro atoms. The molecular formula is C82H115N3O15S3. The molecule has 3 saturated carbocycles. The van der Waals surface area contributed by atoms with Crippen LogP contribution in [0.3, 0.4) is 0 Å². The van der Waals surface area contributed by atoms with Gasteiger partial charge in [-0.1, -0.05) is 58.8 Å². The summed E-state index contributed by atoms with van der Waals surface area (Å²) in [6.07, 6.45) is 25.1. The lowest BCUT2D eigenvalue weighted by Gasteiger charge is -2.39. The lowest BCUT2D eigenvalue weighted by Crippen LogP contribution is -2.47. The van der Waals surface area contributed by atoms with E-state index in [1.54, 1.807) is 13.0 Å². The van der Waals surface area contributed by atoms with E-state index in [2.05, 4.69) is 92.3 Å². The fourth-order valence-corrected chi connectivity index (χ4v) is 15.6. The normalized spacial score (nSPS) is 24.2. The Bertz CT molecular complexity index is 3550. The monoisotopic (exact) mass is 1480 g/mol. The molecule has 3 aromatic rings. The molecule has 103 heavy (non-hydrogen) atoms. The molecule has 11 rings (SSSR count). The van der Waals surface area contributed by atoms with Crippen molar-refractivity contribution in [1.82, 2.24) is 0 Å². The molecular weight excluding hydrogens is 1360 g/mol. The molecule has 8 aliphatic rings. The number of carboxylic acid groups (broad SMARTS) is 1. The number of Topliss-reactive ketones (excluding diaryl/α,β-unsaturated/α-hetero) is 2. The highest BCUT2D eigenvalue weighted by atomic mass is 32.1. The topological polar surface area (TPSA) is 238 Å². The van der Waals surface area contributed by atoms with Crippen LogP contribution in [0, 0.1) is 63.6 Å². The first kappa shape index (κ1) is 84.1.